The molecule has 118 valence electrons. The normalized spacial score (nSPS) is 20.4. The van der Waals surface area contributed by atoms with E-state index < -0.39 is 6.10 Å². The van der Waals surface area contributed by atoms with E-state index in [9.17, 15) is 10.2 Å². The van der Waals surface area contributed by atoms with Crippen molar-refractivity contribution in [2.24, 2.45) is 0 Å². The summed E-state index contributed by atoms with van der Waals surface area (Å²) < 4.78 is 0. The van der Waals surface area contributed by atoms with Crippen LogP contribution in [0.1, 0.15) is 18.6 Å². The second kappa shape index (κ2) is 7.77. The molecular weight excluding hydrogens is 311 g/mol. The average molecular weight is 333 g/mol. The molecule has 2 N–H and O–H groups in total. The topological polar surface area (TPSA) is 46.9 Å². The van der Waals surface area contributed by atoms with Crippen LogP contribution in [0.2, 0.25) is 10.0 Å². The van der Waals surface area contributed by atoms with E-state index >= 15 is 0 Å². The Hall–Kier alpha value is -0.360. The van der Waals surface area contributed by atoms with Crippen LogP contribution in [0.5, 0.6) is 0 Å². The van der Waals surface area contributed by atoms with Crippen LogP contribution in [0.3, 0.4) is 0 Å². The summed E-state index contributed by atoms with van der Waals surface area (Å²) in [5.41, 5.74) is 0.676. The third-order valence-corrected chi connectivity index (χ3v) is 4.31. The lowest BCUT2D eigenvalue weighted by molar-refractivity contribution is 0.0527. The third kappa shape index (κ3) is 5.09. The van der Waals surface area contributed by atoms with Crippen LogP contribution in [0, 0.1) is 0 Å². The first-order valence-corrected chi connectivity index (χ1v) is 7.97. The molecule has 2 atom stereocenters. The molecule has 1 aliphatic heterocycles. The summed E-state index contributed by atoms with van der Waals surface area (Å²) in [4.78, 5) is 4.44. The highest BCUT2D eigenvalue weighted by atomic mass is 35.5. The Kier molecular flexibility index (Phi) is 6.29. The van der Waals surface area contributed by atoms with Crippen molar-refractivity contribution >= 4 is 23.2 Å². The van der Waals surface area contributed by atoms with Gasteiger partial charge >= 0.3 is 0 Å². The molecule has 1 aromatic carbocycles. The lowest BCUT2D eigenvalue weighted by Gasteiger charge is -2.36. The smallest absolute Gasteiger partial charge is 0.0931 e. The van der Waals surface area contributed by atoms with E-state index in [1.807, 2.05) is 0 Å². The van der Waals surface area contributed by atoms with Gasteiger partial charge in [-0.1, -0.05) is 23.2 Å². The van der Waals surface area contributed by atoms with Crippen molar-refractivity contribution in [1.82, 2.24) is 9.80 Å². The summed E-state index contributed by atoms with van der Waals surface area (Å²) in [6.45, 7) is 6.61. The zero-order chi connectivity index (χ0) is 15.4. The van der Waals surface area contributed by atoms with Crippen LogP contribution in [0.25, 0.3) is 0 Å². The molecule has 0 bridgehead atoms. The van der Waals surface area contributed by atoms with E-state index in [-0.39, 0.29) is 6.10 Å². The first-order chi connectivity index (χ1) is 9.95. The van der Waals surface area contributed by atoms with E-state index in [1.165, 1.54) is 0 Å². The molecule has 0 unspecified atom stereocenters. The summed E-state index contributed by atoms with van der Waals surface area (Å²) in [6, 6.07) is 5.15. The minimum atomic E-state index is -0.639. The number of benzene rings is 1. The highest BCUT2D eigenvalue weighted by molar-refractivity contribution is 6.33. The van der Waals surface area contributed by atoms with E-state index in [0.29, 0.717) is 28.7 Å². The number of hydrogen-bond donors (Lipinski definition) is 2. The maximum absolute atomic E-state index is 10.4. The number of halogens is 2. The zero-order valence-corrected chi connectivity index (χ0v) is 13.7. The molecule has 0 aromatic heterocycles. The van der Waals surface area contributed by atoms with Gasteiger partial charge in [0.05, 0.1) is 12.2 Å². The highest BCUT2D eigenvalue weighted by Crippen LogP contribution is 2.27. The van der Waals surface area contributed by atoms with Gasteiger partial charge in [-0.05, 0) is 25.1 Å². The number of nitrogens with zero attached hydrogens (tertiary/aromatic N) is 2. The van der Waals surface area contributed by atoms with Crippen molar-refractivity contribution in [3.05, 3.63) is 33.8 Å². The van der Waals surface area contributed by atoms with E-state index in [1.54, 1.807) is 25.1 Å². The van der Waals surface area contributed by atoms with Crippen molar-refractivity contribution in [3.8, 4) is 0 Å². The van der Waals surface area contributed by atoms with Gasteiger partial charge in [-0.25, -0.2) is 0 Å². The molecule has 0 amide bonds. The molecule has 1 fully saturated rings. The molecule has 1 aliphatic rings. The Balaban J connectivity index is 1.87. The minimum Gasteiger partial charge on any atom is -0.392 e. The van der Waals surface area contributed by atoms with Gasteiger partial charge in [0.25, 0.3) is 0 Å². The molecule has 0 radical (unpaired) electrons. The fourth-order valence-electron chi connectivity index (χ4n) is 2.64. The fourth-order valence-corrected chi connectivity index (χ4v) is 3.07. The van der Waals surface area contributed by atoms with E-state index in [4.69, 9.17) is 23.2 Å². The van der Waals surface area contributed by atoms with Gasteiger partial charge in [0.2, 0.25) is 0 Å². The van der Waals surface area contributed by atoms with Gasteiger partial charge in [-0.3, -0.25) is 9.80 Å². The molecule has 21 heavy (non-hydrogen) atoms. The Bertz CT molecular complexity index is 463. The zero-order valence-electron chi connectivity index (χ0n) is 12.2. The Morgan fingerprint density at radius 1 is 1.05 bits per heavy atom. The first-order valence-electron chi connectivity index (χ1n) is 7.21. The van der Waals surface area contributed by atoms with Crippen LogP contribution in [0.4, 0.5) is 0 Å². The van der Waals surface area contributed by atoms with Crippen LogP contribution in [-0.4, -0.2) is 65.4 Å². The number of piperazine rings is 1. The molecule has 4 nitrogen and oxygen atoms in total. The van der Waals surface area contributed by atoms with Gasteiger partial charge in [0, 0.05) is 54.9 Å². The molecule has 0 saturated carbocycles. The van der Waals surface area contributed by atoms with Gasteiger partial charge in [0.1, 0.15) is 0 Å². The number of aliphatic hydroxyl groups is 2. The lowest BCUT2D eigenvalue weighted by atomic mass is 10.1. The molecular formula is C15H22Cl2N2O2. The number of aliphatic hydroxyl groups excluding tert-OH is 2. The van der Waals surface area contributed by atoms with E-state index in [0.717, 1.165) is 26.2 Å². The summed E-state index contributed by atoms with van der Waals surface area (Å²) in [5, 5.41) is 20.9. The van der Waals surface area contributed by atoms with Crippen molar-refractivity contribution < 1.29 is 10.2 Å². The maximum atomic E-state index is 10.4. The number of hydrogen-bond acceptors (Lipinski definition) is 4. The van der Waals surface area contributed by atoms with Crippen LogP contribution in [-0.2, 0) is 0 Å². The van der Waals surface area contributed by atoms with E-state index in [2.05, 4.69) is 9.80 Å². The SMILES string of the molecule is C[C@@H](O)CN1CCN(C[C@@H](O)c2cc(Cl)ccc2Cl)CC1. The monoisotopic (exact) mass is 332 g/mol. The Labute approximate surface area is 135 Å². The molecule has 0 aliphatic carbocycles. The van der Waals surface area contributed by atoms with Crippen molar-refractivity contribution in [3.63, 3.8) is 0 Å². The first kappa shape index (κ1) is 17.0. The average Bonchev–Trinajstić information content (AvgIpc) is 2.43. The molecule has 1 saturated heterocycles. The molecule has 1 heterocycles. The van der Waals surface area contributed by atoms with Crippen LogP contribution < -0.4 is 0 Å². The predicted octanol–water partition coefficient (Wildman–Crippen LogP) is 2.03. The molecule has 2 rings (SSSR count). The highest BCUT2D eigenvalue weighted by Gasteiger charge is 2.21. The number of rotatable bonds is 5. The van der Waals surface area contributed by atoms with Crippen molar-refractivity contribution in [1.29, 1.82) is 0 Å². The minimum absolute atomic E-state index is 0.299. The van der Waals surface area contributed by atoms with Gasteiger partial charge in [0.15, 0.2) is 0 Å². The summed E-state index contributed by atoms with van der Waals surface area (Å²) in [5.74, 6) is 0. The summed E-state index contributed by atoms with van der Waals surface area (Å²) >= 11 is 12.1. The standard InChI is InChI=1S/C15H22Cl2N2O2/c1-11(20)9-18-4-6-19(7-5-18)10-15(21)13-8-12(16)2-3-14(13)17/h2-3,8,11,15,20-21H,4-7,9-10H2,1H3/t11-,15-/m1/s1. The van der Waals surface area contributed by atoms with Crippen LogP contribution in [0.15, 0.2) is 18.2 Å². The van der Waals surface area contributed by atoms with Gasteiger partial charge in [-0.2, -0.15) is 0 Å². The van der Waals surface area contributed by atoms with Gasteiger partial charge in [-0.15, -0.1) is 0 Å². The largest absolute Gasteiger partial charge is 0.392 e. The third-order valence-electron chi connectivity index (χ3n) is 3.74. The lowest BCUT2D eigenvalue weighted by Crippen LogP contribution is -2.49. The second-order valence-corrected chi connectivity index (χ2v) is 6.48. The second-order valence-electron chi connectivity index (χ2n) is 5.63. The van der Waals surface area contributed by atoms with Crippen molar-refractivity contribution in [2.45, 2.75) is 19.1 Å². The van der Waals surface area contributed by atoms with Crippen molar-refractivity contribution in [2.75, 3.05) is 39.3 Å². The molecule has 6 heteroatoms. The summed E-state index contributed by atoms with van der Waals surface area (Å²) in [6.07, 6.45) is -0.938. The molecule has 1 aromatic rings. The maximum Gasteiger partial charge on any atom is 0.0931 e. The summed E-state index contributed by atoms with van der Waals surface area (Å²) in [7, 11) is 0. The Morgan fingerprint density at radius 2 is 1.62 bits per heavy atom. The molecule has 0 spiro atoms. The quantitative estimate of drug-likeness (QED) is 0.866. The van der Waals surface area contributed by atoms with Crippen LogP contribution >= 0.6 is 23.2 Å². The predicted molar refractivity (Wildman–Crippen MR) is 86.0 cm³/mol. The van der Waals surface area contributed by atoms with Gasteiger partial charge < -0.3 is 10.2 Å². The fraction of sp³-hybridized carbons (Fsp3) is 0.600. The number of β-amino-alcohol motifs (C(OH)–C–C–N with tert-alkyl or cyclic N) is 2. The Morgan fingerprint density at radius 3 is 2.19 bits per heavy atom.